The molecule has 1 unspecified atom stereocenters. The topological polar surface area (TPSA) is 65.4 Å². The zero-order valence-corrected chi connectivity index (χ0v) is 10.5. The van der Waals surface area contributed by atoms with Crippen LogP contribution >= 0.6 is 0 Å². The first-order valence-corrected chi connectivity index (χ1v) is 5.48. The molecule has 0 aromatic carbocycles. The van der Waals surface area contributed by atoms with Gasteiger partial charge in [-0.3, -0.25) is 9.48 Å². The van der Waals surface area contributed by atoms with Crippen molar-refractivity contribution in [3.63, 3.8) is 0 Å². The summed E-state index contributed by atoms with van der Waals surface area (Å²) < 4.78 is 11.6. The molecule has 0 bridgehead atoms. The first-order valence-electron chi connectivity index (χ1n) is 5.48. The molecule has 17 heavy (non-hydrogen) atoms. The second-order valence-corrected chi connectivity index (χ2v) is 3.78. The van der Waals surface area contributed by atoms with Gasteiger partial charge < -0.3 is 14.8 Å². The zero-order chi connectivity index (χ0) is 12.7. The van der Waals surface area contributed by atoms with Crippen molar-refractivity contribution in [2.45, 2.75) is 13.0 Å². The van der Waals surface area contributed by atoms with Crippen molar-refractivity contribution >= 4 is 5.91 Å². The van der Waals surface area contributed by atoms with Gasteiger partial charge in [0.25, 0.3) is 0 Å². The van der Waals surface area contributed by atoms with Crippen LogP contribution in [-0.2, 0) is 21.3 Å². The number of ether oxygens (including phenoxy) is 2. The Kier molecular flexibility index (Phi) is 5.65. The van der Waals surface area contributed by atoms with Crippen LogP contribution in [0.4, 0.5) is 0 Å². The Bertz CT molecular complexity index is 351. The summed E-state index contributed by atoms with van der Waals surface area (Å²) in [5.41, 5.74) is 0.970. The predicted molar refractivity (Wildman–Crippen MR) is 62.5 cm³/mol. The maximum Gasteiger partial charge on any atom is 0.246 e. The summed E-state index contributed by atoms with van der Waals surface area (Å²) in [4.78, 5) is 11.5. The molecule has 0 fully saturated rings. The highest BCUT2D eigenvalue weighted by Crippen LogP contribution is 2.09. The lowest BCUT2D eigenvalue weighted by atomic mass is 10.2. The Morgan fingerprint density at radius 3 is 2.94 bits per heavy atom. The number of nitrogens with zero attached hydrogens (tertiary/aromatic N) is 2. The van der Waals surface area contributed by atoms with E-state index in [4.69, 9.17) is 9.47 Å². The molecule has 6 heteroatoms. The summed E-state index contributed by atoms with van der Waals surface area (Å²) in [6.07, 6.45) is 3.60. The molecule has 0 aliphatic carbocycles. The minimum absolute atomic E-state index is 0.0496. The van der Waals surface area contributed by atoms with E-state index in [1.165, 1.54) is 0 Å². The largest absolute Gasteiger partial charge is 0.382 e. The summed E-state index contributed by atoms with van der Waals surface area (Å²) in [5.74, 6) is -0.141. The predicted octanol–water partition coefficient (Wildman–Crippen LogP) is 0.260. The van der Waals surface area contributed by atoms with Crippen molar-refractivity contribution in [2.75, 3.05) is 26.9 Å². The molecule has 0 aliphatic heterocycles. The van der Waals surface area contributed by atoms with Gasteiger partial charge in [-0.15, -0.1) is 0 Å². The first kappa shape index (κ1) is 13.7. The van der Waals surface area contributed by atoms with Gasteiger partial charge >= 0.3 is 0 Å². The van der Waals surface area contributed by atoms with E-state index in [9.17, 15) is 4.79 Å². The van der Waals surface area contributed by atoms with Crippen LogP contribution in [-0.4, -0.2) is 42.6 Å². The lowest BCUT2D eigenvalue weighted by Crippen LogP contribution is -2.30. The van der Waals surface area contributed by atoms with Gasteiger partial charge in [-0.05, 0) is 6.92 Å². The Hall–Kier alpha value is -1.40. The van der Waals surface area contributed by atoms with Gasteiger partial charge in [-0.2, -0.15) is 5.10 Å². The molecule has 0 saturated carbocycles. The molecule has 96 valence electrons. The molecule has 0 spiro atoms. The Labute approximate surface area is 101 Å². The quantitative estimate of drug-likeness (QED) is 0.695. The molecule has 1 aromatic rings. The third-order valence-corrected chi connectivity index (χ3v) is 2.27. The van der Waals surface area contributed by atoms with Crippen LogP contribution in [0.3, 0.4) is 0 Å². The van der Waals surface area contributed by atoms with E-state index in [0.717, 1.165) is 5.56 Å². The number of carbonyl (C=O) groups excluding carboxylic acids is 1. The minimum Gasteiger partial charge on any atom is -0.382 e. The zero-order valence-electron chi connectivity index (χ0n) is 10.5. The fourth-order valence-electron chi connectivity index (χ4n) is 1.34. The van der Waals surface area contributed by atoms with Crippen molar-refractivity contribution in [3.8, 4) is 0 Å². The highest BCUT2D eigenvalue weighted by molar-refractivity contribution is 5.77. The normalized spacial score (nSPS) is 12.4. The van der Waals surface area contributed by atoms with Crippen LogP contribution in [0.2, 0.25) is 0 Å². The fraction of sp³-hybridized carbons (Fsp3) is 0.636. The number of aryl methyl sites for hydroxylation is 1. The smallest absolute Gasteiger partial charge is 0.246 e. The Balaban J connectivity index is 2.26. The third kappa shape index (κ3) is 4.97. The highest BCUT2D eigenvalue weighted by Gasteiger charge is 2.10. The molecule has 1 amide bonds. The molecule has 1 atom stereocenters. The number of aromatic nitrogens is 2. The lowest BCUT2D eigenvalue weighted by molar-refractivity contribution is -0.126. The third-order valence-electron chi connectivity index (χ3n) is 2.27. The monoisotopic (exact) mass is 241 g/mol. The highest BCUT2D eigenvalue weighted by atomic mass is 16.5. The average Bonchev–Trinajstić information content (AvgIpc) is 2.71. The molecule has 1 rings (SSSR count). The van der Waals surface area contributed by atoms with E-state index in [2.05, 4.69) is 10.4 Å². The van der Waals surface area contributed by atoms with Crippen LogP contribution in [0.15, 0.2) is 12.4 Å². The second-order valence-electron chi connectivity index (χ2n) is 3.78. The average molecular weight is 241 g/mol. The number of hydrogen-bond acceptors (Lipinski definition) is 4. The fourth-order valence-corrected chi connectivity index (χ4v) is 1.34. The van der Waals surface area contributed by atoms with Crippen molar-refractivity contribution in [1.29, 1.82) is 0 Å². The molecule has 0 radical (unpaired) electrons. The van der Waals surface area contributed by atoms with Gasteiger partial charge in [0.1, 0.15) is 6.61 Å². The van der Waals surface area contributed by atoms with Gasteiger partial charge in [-0.25, -0.2) is 0 Å². The summed E-state index contributed by atoms with van der Waals surface area (Å²) in [6, 6.07) is -0.0674. The van der Waals surface area contributed by atoms with Gasteiger partial charge in [0, 0.05) is 25.9 Å². The molecule has 1 aromatic heterocycles. The maximum absolute atomic E-state index is 11.5. The summed E-state index contributed by atoms with van der Waals surface area (Å²) in [5, 5.41) is 6.88. The number of rotatable bonds is 7. The molecule has 6 nitrogen and oxygen atoms in total. The van der Waals surface area contributed by atoms with E-state index in [-0.39, 0.29) is 18.6 Å². The summed E-state index contributed by atoms with van der Waals surface area (Å²) in [6.45, 7) is 2.87. The van der Waals surface area contributed by atoms with Crippen LogP contribution < -0.4 is 5.32 Å². The SMILES string of the molecule is COCCOCC(=O)NC(C)c1cnn(C)c1. The van der Waals surface area contributed by atoms with Crippen LogP contribution in [0, 0.1) is 0 Å². The molecule has 0 saturated heterocycles. The Morgan fingerprint density at radius 1 is 1.59 bits per heavy atom. The second kappa shape index (κ2) is 7.03. The van der Waals surface area contributed by atoms with Crippen molar-refractivity contribution < 1.29 is 14.3 Å². The summed E-state index contributed by atoms with van der Waals surface area (Å²) in [7, 11) is 3.43. The molecular formula is C11H19N3O3. The van der Waals surface area contributed by atoms with E-state index in [1.54, 1.807) is 18.0 Å². The van der Waals surface area contributed by atoms with Crippen molar-refractivity contribution in [3.05, 3.63) is 18.0 Å². The van der Waals surface area contributed by atoms with Crippen molar-refractivity contribution in [1.82, 2.24) is 15.1 Å². The molecule has 1 N–H and O–H groups in total. The lowest BCUT2D eigenvalue weighted by Gasteiger charge is -2.12. The number of amides is 1. The molecule has 0 aliphatic rings. The number of carbonyl (C=O) groups is 1. The van der Waals surface area contributed by atoms with Crippen LogP contribution in [0.25, 0.3) is 0 Å². The van der Waals surface area contributed by atoms with Crippen LogP contribution in [0.1, 0.15) is 18.5 Å². The summed E-state index contributed by atoms with van der Waals surface area (Å²) >= 11 is 0. The Morgan fingerprint density at radius 2 is 2.35 bits per heavy atom. The van der Waals surface area contributed by atoms with Crippen molar-refractivity contribution in [2.24, 2.45) is 7.05 Å². The van der Waals surface area contributed by atoms with E-state index >= 15 is 0 Å². The van der Waals surface area contributed by atoms with Gasteiger partial charge in [0.15, 0.2) is 0 Å². The minimum atomic E-state index is -0.141. The van der Waals surface area contributed by atoms with E-state index in [0.29, 0.717) is 13.2 Å². The van der Waals surface area contributed by atoms with Crippen LogP contribution in [0.5, 0.6) is 0 Å². The number of nitrogens with one attached hydrogen (secondary N) is 1. The van der Waals surface area contributed by atoms with Gasteiger partial charge in [0.05, 0.1) is 25.5 Å². The van der Waals surface area contributed by atoms with Gasteiger partial charge in [-0.1, -0.05) is 0 Å². The molecule has 1 heterocycles. The maximum atomic E-state index is 11.5. The number of hydrogen-bond donors (Lipinski definition) is 1. The standard InChI is InChI=1S/C11H19N3O3/c1-9(10-6-12-14(2)7-10)13-11(15)8-17-5-4-16-3/h6-7,9H,4-5,8H2,1-3H3,(H,13,15). The number of methoxy groups -OCH3 is 1. The first-order chi connectivity index (χ1) is 8.13. The van der Waals surface area contributed by atoms with Gasteiger partial charge in [0.2, 0.25) is 5.91 Å². The molecular weight excluding hydrogens is 222 g/mol. The van der Waals surface area contributed by atoms with E-state index < -0.39 is 0 Å². The van der Waals surface area contributed by atoms with E-state index in [1.807, 2.05) is 20.2 Å².